The van der Waals surface area contributed by atoms with Crippen molar-refractivity contribution in [1.82, 2.24) is 15.5 Å². The lowest BCUT2D eigenvalue weighted by molar-refractivity contribution is -0.143. The van der Waals surface area contributed by atoms with E-state index in [0.29, 0.717) is 11.1 Å². The molecule has 2 atom stereocenters. The van der Waals surface area contributed by atoms with Gasteiger partial charge in [0, 0.05) is 13.5 Å². The Balaban J connectivity index is 2.44. The van der Waals surface area contributed by atoms with Gasteiger partial charge in [-0.05, 0) is 63.4 Å². The number of carbonyl (C=O) groups is 4. The quantitative estimate of drug-likeness (QED) is 0.427. The number of phenols is 1. The van der Waals surface area contributed by atoms with Gasteiger partial charge in [-0.15, -0.1) is 0 Å². The number of amides is 3. The zero-order chi connectivity index (χ0) is 28.6. The standard InChI is InChI=1S/C28H37N3O7/c1-17-8-13-21(18(2)14-17)24(25(34)29-16-23(33)37-7)31(6)26(35)22(30-27(36)38-28(3,4)5)15-19-9-11-20(32)12-10-19/h8-14,22,24,32H,15-16H2,1-7H3,(H,29,34)(H,30,36). The molecule has 2 rings (SSSR count). The van der Waals surface area contributed by atoms with Crippen molar-refractivity contribution in [3.8, 4) is 5.75 Å². The molecule has 0 heterocycles. The van der Waals surface area contributed by atoms with Gasteiger partial charge in [-0.25, -0.2) is 4.79 Å². The second-order valence-electron chi connectivity index (χ2n) is 10.1. The molecule has 0 aliphatic heterocycles. The maximum Gasteiger partial charge on any atom is 0.408 e. The molecule has 0 bridgehead atoms. The number of esters is 1. The number of carbonyl (C=O) groups excluding carboxylic acids is 4. The fourth-order valence-electron chi connectivity index (χ4n) is 3.88. The zero-order valence-electron chi connectivity index (χ0n) is 23.0. The first-order valence-corrected chi connectivity index (χ1v) is 12.2. The van der Waals surface area contributed by atoms with Gasteiger partial charge < -0.3 is 30.1 Å². The van der Waals surface area contributed by atoms with E-state index in [1.165, 1.54) is 31.2 Å². The Morgan fingerprint density at radius 2 is 1.66 bits per heavy atom. The summed E-state index contributed by atoms with van der Waals surface area (Å²) in [4.78, 5) is 52.7. The number of alkyl carbamates (subject to hydrolysis) is 1. The number of nitrogens with zero attached hydrogens (tertiary/aromatic N) is 1. The highest BCUT2D eigenvalue weighted by Gasteiger charge is 2.35. The van der Waals surface area contributed by atoms with E-state index in [1.807, 2.05) is 26.0 Å². The fourth-order valence-corrected chi connectivity index (χ4v) is 3.88. The largest absolute Gasteiger partial charge is 0.508 e. The van der Waals surface area contributed by atoms with E-state index in [0.717, 1.165) is 11.1 Å². The second-order valence-corrected chi connectivity index (χ2v) is 10.1. The molecule has 10 heteroatoms. The summed E-state index contributed by atoms with van der Waals surface area (Å²) in [6.45, 7) is 8.49. The topological polar surface area (TPSA) is 134 Å². The maximum absolute atomic E-state index is 13.8. The summed E-state index contributed by atoms with van der Waals surface area (Å²) < 4.78 is 9.98. The third kappa shape index (κ3) is 8.79. The summed E-state index contributed by atoms with van der Waals surface area (Å²) in [7, 11) is 2.67. The minimum absolute atomic E-state index is 0.0611. The molecule has 0 aliphatic rings. The van der Waals surface area contributed by atoms with E-state index in [1.54, 1.807) is 39.0 Å². The van der Waals surface area contributed by atoms with Crippen LogP contribution in [0.4, 0.5) is 4.79 Å². The number of ether oxygens (including phenoxy) is 2. The molecule has 2 aromatic rings. The Labute approximate surface area is 223 Å². The monoisotopic (exact) mass is 527 g/mol. The molecule has 0 aliphatic carbocycles. The minimum atomic E-state index is -1.10. The molecule has 3 N–H and O–H groups in total. The van der Waals surface area contributed by atoms with Crippen LogP contribution in [-0.2, 0) is 30.3 Å². The number of methoxy groups -OCH3 is 1. The molecule has 0 saturated heterocycles. The number of hydrogen-bond donors (Lipinski definition) is 3. The summed E-state index contributed by atoms with van der Waals surface area (Å²) in [6.07, 6.45) is -0.715. The first-order valence-electron chi connectivity index (χ1n) is 12.2. The van der Waals surface area contributed by atoms with Crippen molar-refractivity contribution >= 4 is 23.9 Å². The average Bonchev–Trinajstić information content (AvgIpc) is 2.83. The van der Waals surface area contributed by atoms with Crippen LogP contribution in [0.3, 0.4) is 0 Å². The Bertz CT molecular complexity index is 1160. The highest BCUT2D eigenvalue weighted by Crippen LogP contribution is 2.26. The smallest absolute Gasteiger partial charge is 0.408 e. The van der Waals surface area contributed by atoms with Crippen LogP contribution in [0.25, 0.3) is 0 Å². The number of aromatic hydroxyl groups is 1. The van der Waals surface area contributed by atoms with Gasteiger partial charge in [-0.2, -0.15) is 0 Å². The summed E-state index contributed by atoms with van der Waals surface area (Å²) in [5.74, 6) is -1.71. The minimum Gasteiger partial charge on any atom is -0.508 e. The number of benzene rings is 2. The van der Waals surface area contributed by atoms with Gasteiger partial charge in [0.25, 0.3) is 0 Å². The van der Waals surface area contributed by atoms with Crippen molar-refractivity contribution in [2.75, 3.05) is 20.7 Å². The van der Waals surface area contributed by atoms with Gasteiger partial charge in [-0.3, -0.25) is 14.4 Å². The predicted octanol–water partition coefficient (Wildman–Crippen LogP) is 2.93. The Morgan fingerprint density at radius 1 is 1.03 bits per heavy atom. The van der Waals surface area contributed by atoms with Crippen molar-refractivity contribution in [3.63, 3.8) is 0 Å². The van der Waals surface area contributed by atoms with Gasteiger partial charge in [0.15, 0.2) is 0 Å². The van der Waals surface area contributed by atoms with E-state index < -0.39 is 41.6 Å². The number of likely N-dealkylation sites (N-methyl/N-ethyl adjacent to an activating group) is 1. The summed E-state index contributed by atoms with van der Waals surface area (Å²) in [6, 6.07) is 9.51. The van der Waals surface area contributed by atoms with Gasteiger partial charge in [0.1, 0.15) is 30.0 Å². The van der Waals surface area contributed by atoms with Crippen molar-refractivity contribution in [3.05, 3.63) is 64.7 Å². The third-order valence-corrected chi connectivity index (χ3v) is 5.70. The van der Waals surface area contributed by atoms with Crippen molar-refractivity contribution in [2.45, 2.75) is 58.7 Å². The molecular weight excluding hydrogens is 490 g/mol. The van der Waals surface area contributed by atoms with Crippen LogP contribution in [-0.4, -0.2) is 66.2 Å². The number of aryl methyl sites for hydroxylation is 2. The number of phenolic OH excluding ortho intramolecular Hbond substituents is 1. The molecule has 206 valence electrons. The summed E-state index contributed by atoms with van der Waals surface area (Å²) in [5.41, 5.74) is 2.19. The molecule has 2 unspecified atom stereocenters. The van der Waals surface area contributed by atoms with E-state index in [9.17, 15) is 24.3 Å². The van der Waals surface area contributed by atoms with Crippen LogP contribution in [0.5, 0.6) is 5.75 Å². The second kappa shape index (κ2) is 12.9. The molecule has 0 radical (unpaired) electrons. The number of rotatable bonds is 9. The first-order chi connectivity index (χ1) is 17.7. The molecular formula is C28H37N3O7. The van der Waals surface area contributed by atoms with Crippen LogP contribution >= 0.6 is 0 Å². The molecule has 0 aromatic heterocycles. The summed E-state index contributed by atoms with van der Waals surface area (Å²) in [5, 5.41) is 14.8. The Hall–Kier alpha value is -4.08. The highest BCUT2D eigenvalue weighted by atomic mass is 16.6. The van der Waals surface area contributed by atoms with E-state index in [2.05, 4.69) is 15.4 Å². The van der Waals surface area contributed by atoms with E-state index >= 15 is 0 Å². The van der Waals surface area contributed by atoms with Gasteiger partial charge in [0.05, 0.1) is 7.11 Å². The SMILES string of the molecule is COC(=O)CNC(=O)C(c1ccc(C)cc1C)N(C)C(=O)C(Cc1ccc(O)cc1)NC(=O)OC(C)(C)C. The van der Waals surface area contributed by atoms with Gasteiger partial charge in [0.2, 0.25) is 11.8 Å². The van der Waals surface area contributed by atoms with E-state index in [4.69, 9.17) is 4.74 Å². The molecule has 0 saturated carbocycles. The Morgan fingerprint density at radius 3 is 2.21 bits per heavy atom. The van der Waals surface area contributed by atoms with Crippen LogP contribution in [0.15, 0.2) is 42.5 Å². The van der Waals surface area contributed by atoms with Crippen molar-refractivity contribution in [2.24, 2.45) is 0 Å². The first kappa shape index (κ1) is 30.1. The molecule has 38 heavy (non-hydrogen) atoms. The van der Waals surface area contributed by atoms with Crippen LogP contribution in [0, 0.1) is 13.8 Å². The lowest BCUT2D eigenvalue weighted by Gasteiger charge is -2.32. The molecule has 0 fully saturated rings. The molecule has 10 nitrogen and oxygen atoms in total. The lowest BCUT2D eigenvalue weighted by Crippen LogP contribution is -2.52. The van der Waals surface area contributed by atoms with Gasteiger partial charge >= 0.3 is 12.1 Å². The van der Waals surface area contributed by atoms with Crippen molar-refractivity contribution in [1.29, 1.82) is 0 Å². The zero-order valence-corrected chi connectivity index (χ0v) is 23.0. The number of hydrogen-bond acceptors (Lipinski definition) is 7. The summed E-state index contributed by atoms with van der Waals surface area (Å²) >= 11 is 0. The van der Waals surface area contributed by atoms with Crippen LogP contribution in [0.1, 0.15) is 49.1 Å². The maximum atomic E-state index is 13.8. The van der Waals surface area contributed by atoms with E-state index in [-0.39, 0.29) is 18.7 Å². The normalized spacial score (nSPS) is 12.6. The molecule has 3 amide bonds. The Kier molecular flexibility index (Phi) is 10.3. The predicted molar refractivity (Wildman–Crippen MR) is 141 cm³/mol. The number of nitrogens with one attached hydrogen (secondary N) is 2. The highest BCUT2D eigenvalue weighted by molar-refractivity contribution is 5.93. The molecule has 2 aromatic carbocycles. The van der Waals surface area contributed by atoms with Gasteiger partial charge in [-0.1, -0.05) is 35.9 Å². The fraction of sp³-hybridized carbons (Fsp3) is 0.429. The van der Waals surface area contributed by atoms with Crippen LogP contribution in [0.2, 0.25) is 0 Å². The molecule has 0 spiro atoms. The van der Waals surface area contributed by atoms with Crippen LogP contribution < -0.4 is 10.6 Å². The lowest BCUT2D eigenvalue weighted by atomic mass is 9.96. The third-order valence-electron chi connectivity index (χ3n) is 5.70. The average molecular weight is 528 g/mol. The van der Waals surface area contributed by atoms with Crippen molar-refractivity contribution < 1.29 is 33.8 Å².